The maximum Gasteiger partial charge on any atom is 0.325 e. The van der Waals surface area contributed by atoms with Gasteiger partial charge < -0.3 is 9.80 Å². The fourth-order valence-corrected chi connectivity index (χ4v) is 3.12. The van der Waals surface area contributed by atoms with Crippen molar-refractivity contribution in [2.75, 3.05) is 7.05 Å². The van der Waals surface area contributed by atoms with Crippen LogP contribution < -0.4 is 16.6 Å². The normalized spacial score (nSPS) is 23.6. The minimum Gasteiger partial charge on any atom is -0.321 e. The van der Waals surface area contributed by atoms with Gasteiger partial charge in [-0.05, 0) is 17.7 Å². The molecule has 0 saturated carbocycles. The number of nitrogens with one attached hydrogen (secondary N) is 2. The summed E-state index contributed by atoms with van der Waals surface area (Å²) in [5.74, 6) is 5.38. The number of aliphatic imine (C=N–C) groups is 1. The number of imide groups is 1. The van der Waals surface area contributed by atoms with Crippen LogP contribution in [0.1, 0.15) is 5.56 Å². The highest BCUT2D eigenvalue weighted by atomic mass is 35.5. The van der Waals surface area contributed by atoms with Gasteiger partial charge in [-0.25, -0.2) is 15.6 Å². The van der Waals surface area contributed by atoms with E-state index in [0.717, 1.165) is 5.56 Å². The number of halogens is 2. The number of carbonyl (C=O) groups is 2. The van der Waals surface area contributed by atoms with E-state index in [2.05, 4.69) is 15.7 Å². The molecule has 0 spiro atoms. The number of amides is 3. The summed E-state index contributed by atoms with van der Waals surface area (Å²) in [7, 11) is 1.57. The molecule has 2 aliphatic heterocycles. The van der Waals surface area contributed by atoms with Crippen LogP contribution in [0.2, 0.25) is 10.0 Å². The highest BCUT2D eigenvalue weighted by molar-refractivity contribution is 6.35. The van der Waals surface area contributed by atoms with Gasteiger partial charge in [0.15, 0.2) is 12.2 Å². The van der Waals surface area contributed by atoms with E-state index in [1.54, 1.807) is 30.1 Å². The zero-order valence-corrected chi connectivity index (χ0v) is 13.6. The van der Waals surface area contributed by atoms with Gasteiger partial charge in [-0.2, -0.15) is 0 Å². The van der Waals surface area contributed by atoms with Crippen LogP contribution in [0.5, 0.6) is 0 Å². The summed E-state index contributed by atoms with van der Waals surface area (Å²) in [4.78, 5) is 31.3. The minimum absolute atomic E-state index is 0.287. The number of guanidine groups is 1. The van der Waals surface area contributed by atoms with Gasteiger partial charge in [0.1, 0.15) is 0 Å². The molecule has 0 bridgehead atoms. The van der Waals surface area contributed by atoms with Crippen molar-refractivity contribution in [2.45, 2.75) is 18.8 Å². The molecular weight excluding hydrogens is 343 g/mol. The highest BCUT2D eigenvalue weighted by Gasteiger charge is 2.48. The van der Waals surface area contributed by atoms with Crippen molar-refractivity contribution in [1.29, 1.82) is 0 Å². The third kappa shape index (κ3) is 2.69. The molecule has 122 valence electrons. The maximum atomic E-state index is 12.2. The molecule has 1 aromatic rings. The molecule has 2 atom stereocenters. The largest absolute Gasteiger partial charge is 0.325 e. The Morgan fingerprint density at radius 2 is 2.13 bits per heavy atom. The fraction of sp³-hybridized carbons (Fsp3) is 0.308. The topological polar surface area (TPSA) is 103 Å². The summed E-state index contributed by atoms with van der Waals surface area (Å²) in [6, 6.07) is 3.91. The van der Waals surface area contributed by atoms with Gasteiger partial charge in [-0.3, -0.25) is 15.5 Å². The molecule has 8 nitrogen and oxygen atoms in total. The average molecular weight is 357 g/mol. The number of nitrogens with zero attached hydrogens (tertiary/aromatic N) is 3. The molecule has 2 aliphatic rings. The Labute approximate surface area is 142 Å². The van der Waals surface area contributed by atoms with Crippen LogP contribution in [0, 0.1) is 0 Å². The van der Waals surface area contributed by atoms with E-state index in [0.29, 0.717) is 16.0 Å². The smallest absolute Gasteiger partial charge is 0.321 e. The van der Waals surface area contributed by atoms with Gasteiger partial charge in [-0.15, -0.1) is 0 Å². The summed E-state index contributed by atoms with van der Waals surface area (Å²) >= 11 is 12.1. The summed E-state index contributed by atoms with van der Waals surface area (Å²) in [5, 5.41) is 3.28. The Hall–Kier alpha value is -2.03. The van der Waals surface area contributed by atoms with Crippen molar-refractivity contribution >= 4 is 41.1 Å². The lowest BCUT2D eigenvalue weighted by Crippen LogP contribution is -2.64. The molecule has 0 radical (unpaired) electrons. The van der Waals surface area contributed by atoms with Crippen molar-refractivity contribution in [3.63, 3.8) is 0 Å². The van der Waals surface area contributed by atoms with E-state index in [-0.39, 0.29) is 6.54 Å². The molecule has 3 rings (SSSR count). The first-order valence-electron chi connectivity index (χ1n) is 6.75. The molecule has 1 fully saturated rings. The van der Waals surface area contributed by atoms with Crippen molar-refractivity contribution in [3.8, 4) is 0 Å². The van der Waals surface area contributed by atoms with Crippen LogP contribution in [0.3, 0.4) is 0 Å². The monoisotopic (exact) mass is 356 g/mol. The Kier molecular flexibility index (Phi) is 4.05. The second kappa shape index (κ2) is 5.88. The van der Waals surface area contributed by atoms with E-state index in [1.165, 1.54) is 4.90 Å². The van der Waals surface area contributed by atoms with Gasteiger partial charge in [-0.1, -0.05) is 29.3 Å². The molecule has 10 heteroatoms. The summed E-state index contributed by atoms with van der Waals surface area (Å²) in [6.07, 6.45) is -0.645. The number of rotatable bonds is 2. The number of nitrogens with two attached hydrogens (primary N) is 1. The van der Waals surface area contributed by atoms with Crippen molar-refractivity contribution in [2.24, 2.45) is 10.8 Å². The summed E-state index contributed by atoms with van der Waals surface area (Å²) in [6.45, 7) is 0.287. The maximum absolute atomic E-state index is 12.2. The van der Waals surface area contributed by atoms with Crippen LogP contribution in [0.4, 0.5) is 4.79 Å². The second-order valence-corrected chi connectivity index (χ2v) is 6.07. The summed E-state index contributed by atoms with van der Waals surface area (Å²) < 4.78 is 0. The van der Waals surface area contributed by atoms with Crippen LogP contribution in [-0.2, 0) is 11.3 Å². The lowest BCUT2D eigenvalue weighted by atomic mass is 10.1. The Bertz CT molecular complexity index is 710. The van der Waals surface area contributed by atoms with Crippen molar-refractivity contribution in [1.82, 2.24) is 20.5 Å². The molecule has 1 aromatic carbocycles. The number of urea groups is 1. The first-order chi connectivity index (χ1) is 10.9. The summed E-state index contributed by atoms with van der Waals surface area (Å²) in [5.41, 5.74) is 3.22. The molecule has 23 heavy (non-hydrogen) atoms. The fourth-order valence-electron chi connectivity index (χ4n) is 2.65. The van der Waals surface area contributed by atoms with Gasteiger partial charge in [0, 0.05) is 23.6 Å². The van der Waals surface area contributed by atoms with Gasteiger partial charge in [0.05, 0.1) is 0 Å². The van der Waals surface area contributed by atoms with E-state index < -0.39 is 24.1 Å². The molecule has 1 saturated heterocycles. The third-order valence-electron chi connectivity index (χ3n) is 3.85. The van der Waals surface area contributed by atoms with Crippen LogP contribution >= 0.6 is 23.2 Å². The van der Waals surface area contributed by atoms with Crippen LogP contribution in [0.25, 0.3) is 0 Å². The van der Waals surface area contributed by atoms with E-state index in [4.69, 9.17) is 29.0 Å². The van der Waals surface area contributed by atoms with Gasteiger partial charge in [0.25, 0.3) is 5.91 Å². The lowest BCUT2D eigenvalue weighted by Gasteiger charge is -2.36. The number of likely N-dealkylation sites (N-methyl/N-ethyl adjacent to an activating group) is 1. The molecule has 2 unspecified atom stereocenters. The molecule has 0 aromatic heterocycles. The van der Waals surface area contributed by atoms with Crippen LogP contribution in [0.15, 0.2) is 23.2 Å². The standard InChI is InChI=1S/C13H14Cl2N6O2/c1-20-10-9(11(22)18-13(20)23)21(12(17-10)19-16)5-6-2-3-7(14)4-8(6)15/h2-4,9-10H,5,16H2,1H3,(H,17,19)(H,18,22,23). The van der Waals surface area contributed by atoms with Crippen molar-refractivity contribution < 1.29 is 9.59 Å². The molecule has 2 heterocycles. The van der Waals surface area contributed by atoms with Gasteiger partial charge in [0.2, 0.25) is 5.96 Å². The lowest BCUT2D eigenvalue weighted by molar-refractivity contribution is -0.127. The molecule has 3 amide bonds. The van der Waals surface area contributed by atoms with Gasteiger partial charge >= 0.3 is 6.03 Å². The first-order valence-corrected chi connectivity index (χ1v) is 7.50. The number of benzene rings is 1. The first kappa shape index (κ1) is 15.9. The predicted molar refractivity (Wildman–Crippen MR) is 85.6 cm³/mol. The third-order valence-corrected chi connectivity index (χ3v) is 4.43. The molecule has 0 aliphatic carbocycles. The van der Waals surface area contributed by atoms with Crippen LogP contribution in [-0.4, -0.2) is 47.0 Å². The number of hydrazine groups is 1. The van der Waals surface area contributed by atoms with Crippen molar-refractivity contribution in [3.05, 3.63) is 33.8 Å². The zero-order chi connectivity index (χ0) is 16.7. The Morgan fingerprint density at radius 3 is 2.78 bits per heavy atom. The number of hydrogen-bond acceptors (Lipinski definition) is 6. The molecular formula is C13H14Cl2N6O2. The Balaban J connectivity index is 1.93. The Morgan fingerprint density at radius 1 is 1.39 bits per heavy atom. The highest BCUT2D eigenvalue weighted by Crippen LogP contribution is 2.28. The second-order valence-electron chi connectivity index (χ2n) is 5.22. The number of fused-ring (bicyclic) bond motifs is 1. The molecule has 4 N–H and O–H groups in total. The number of hydrogen-bond donors (Lipinski definition) is 3. The zero-order valence-electron chi connectivity index (χ0n) is 12.1. The average Bonchev–Trinajstić information content (AvgIpc) is 2.87. The van der Waals surface area contributed by atoms with E-state index in [1.807, 2.05) is 0 Å². The predicted octanol–water partition coefficient (Wildman–Crippen LogP) is 0.505. The van der Waals surface area contributed by atoms with E-state index in [9.17, 15) is 9.59 Å². The SMILES string of the molecule is CN1C(=O)NC(=O)C2C1N=C(NN)N2Cc1ccc(Cl)cc1Cl. The van der Waals surface area contributed by atoms with E-state index >= 15 is 0 Å². The quantitative estimate of drug-likeness (QED) is 0.529. The minimum atomic E-state index is -0.685. The number of carbonyl (C=O) groups excluding carboxylic acids is 2.